The number of aliphatic hydroxyl groups is 2. The average molecular weight is 349 g/mol. The van der Waals surface area contributed by atoms with Crippen molar-refractivity contribution in [1.82, 2.24) is 0 Å². The summed E-state index contributed by atoms with van der Waals surface area (Å²) in [7, 11) is 0. The predicted molar refractivity (Wildman–Crippen MR) is 102 cm³/mol. The van der Waals surface area contributed by atoms with Crippen molar-refractivity contribution in [3.63, 3.8) is 0 Å². The molecule has 0 saturated heterocycles. The summed E-state index contributed by atoms with van der Waals surface area (Å²) in [5.41, 5.74) is 0.509. The van der Waals surface area contributed by atoms with Crippen LogP contribution in [0.2, 0.25) is 0 Å². The smallest absolute Gasteiger partial charge is 0.0622 e. The van der Waals surface area contributed by atoms with Crippen LogP contribution in [0.5, 0.6) is 0 Å². The molecule has 0 aliphatic heterocycles. The van der Waals surface area contributed by atoms with E-state index in [4.69, 9.17) is 0 Å². The second-order valence-corrected chi connectivity index (χ2v) is 11.2. The minimum Gasteiger partial charge on any atom is -0.396 e. The number of rotatable bonds is 2. The van der Waals surface area contributed by atoms with Gasteiger partial charge >= 0.3 is 0 Å². The zero-order valence-corrected chi connectivity index (χ0v) is 16.9. The summed E-state index contributed by atoms with van der Waals surface area (Å²) < 4.78 is 0. The fraction of sp³-hybridized carbons (Fsp3) is 1.00. The van der Waals surface area contributed by atoms with E-state index in [2.05, 4.69) is 27.7 Å². The van der Waals surface area contributed by atoms with Gasteiger partial charge in [0.25, 0.3) is 0 Å². The Kier molecular flexibility index (Phi) is 4.36. The Morgan fingerprint density at radius 2 is 1.60 bits per heavy atom. The van der Waals surface area contributed by atoms with Crippen molar-refractivity contribution in [3.8, 4) is 0 Å². The molecule has 2 nitrogen and oxygen atoms in total. The predicted octanol–water partition coefficient (Wildman–Crippen LogP) is 5.02. The van der Waals surface area contributed by atoms with E-state index in [-0.39, 0.29) is 0 Å². The maximum absolute atomic E-state index is 10.6. The topological polar surface area (TPSA) is 40.5 Å². The highest BCUT2D eigenvalue weighted by Crippen LogP contribution is 2.68. The molecule has 0 bridgehead atoms. The van der Waals surface area contributed by atoms with Crippen molar-refractivity contribution in [2.24, 2.45) is 46.3 Å². The molecule has 0 aromatic heterocycles. The lowest BCUT2D eigenvalue weighted by atomic mass is 9.43. The van der Waals surface area contributed by atoms with E-state index in [0.29, 0.717) is 23.4 Å². The molecule has 4 aliphatic carbocycles. The molecule has 0 radical (unpaired) electrons. The van der Waals surface area contributed by atoms with Gasteiger partial charge in [-0.1, -0.05) is 20.8 Å². The molecule has 4 rings (SSSR count). The van der Waals surface area contributed by atoms with E-state index < -0.39 is 5.60 Å². The van der Waals surface area contributed by atoms with Gasteiger partial charge in [0.2, 0.25) is 0 Å². The van der Waals surface area contributed by atoms with Crippen LogP contribution < -0.4 is 0 Å². The zero-order valence-electron chi connectivity index (χ0n) is 16.9. The Hall–Kier alpha value is -0.0800. The molecule has 144 valence electrons. The van der Waals surface area contributed by atoms with Gasteiger partial charge in [-0.3, -0.25) is 0 Å². The van der Waals surface area contributed by atoms with E-state index in [1.165, 1.54) is 44.9 Å². The Labute approximate surface area is 154 Å². The molecular weight excluding hydrogens is 308 g/mol. The Morgan fingerprint density at radius 1 is 0.880 bits per heavy atom. The highest BCUT2D eigenvalue weighted by atomic mass is 16.3. The van der Waals surface area contributed by atoms with Crippen LogP contribution in [0.3, 0.4) is 0 Å². The Morgan fingerprint density at radius 3 is 2.32 bits per heavy atom. The number of aliphatic hydroxyl groups excluding tert-OH is 1. The van der Waals surface area contributed by atoms with Crippen LogP contribution in [0.15, 0.2) is 0 Å². The first-order chi connectivity index (χ1) is 11.7. The molecule has 0 aromatic carbocycles. The standard InChI is InChI=1S/C23H40O2/c1-15(14-24)18-7-8-19-17-6-5-16-13-21(2,25)11-12-22(16,3)20(17)9-10-23(18,19)4/h15-20,24-25H,5-14H2,1-4H3/t15-,16+,17+,18-,19+,20+,21+,22+,23-/m1/s1. The molecule has 4 saturated carbocycles. The molecule has 0 heterocycles. The van der Waals surface area contributed by atoms with Crippen molar-refractivity contribution in [1.29, 1.82) is 0 Å². The van der Waals surface area contributed by atoms with Crippen molar-refractivity contribution < 1.29 is 10.2 Å². The van der Waals surface area contributed by atoms with E-state index in [9.17, 15) is 10.2 Å². The summed E-state index contributed by atoms with van der Waals surface area (Å²) in [6, 6.07) is 0. The molecule has 0 amide bonds. The number of hydrogen-bond acceptors (Lipinski definition) is 2. The summed E-state index contributed by atoms with van der Waals surface area (Å²) in [4.78, 5) is 0. The van der Waals surface area contributed by atoms with E-state index in [1.807, 2.05) is 0 Å². The minimum absolute atomic E-state index is 0.357. The molecule has 2 heteroatoms. The molecule has 0 aromatic rings. The summed E-state index contributed by atoms with van der Waals surface area (Å²) in [6.07, 6.45) is 11.5. The van der Waals surface area contributed by atoms with Gasteiger partial charge in [-0.25, -0.2) is 0 Å². The molecular formula is C23H40O2. The van der Waals surface area contributed by atoms with Crippen LogP contribution in [0.4, 0.5) is 0 Å². The van der Waals surface area contributed by atoms with Crippen LogP contribution in [-0.4, -0.2) is 22.4 Å². The van der Waals surface area contributed by atoms with Gasteiger partial charge in [0, 0.05) is 6.61 Å². The van der Waals surface area contributed by atoms with Crippen molar-refractivity contribution in [2.75, 3.05) is 6.61 Å². The third-order valence-electron chi connectivity index (χ3n) is 10.0. The average Bonchev–Trinajstić information content (AvgIpc) is 2.92. The maximum atomic E-state index is 10.6. The Bertz CT molecular complexity index is 514. The van der Waals surface area contributed by atoms with Gasteiger partial charge in [-0.15, -0.1) is 0 Å². The van der Waals surface area contributed by atoms with Crippen molar-refractivity contribution in [3.05, 3.63) is 0 Å². The summed E-state index contributed by atoms with van der Waals surface area (Å²) in [5.74, 6) is 4.58. The molecule has 4 fully saturated rings. The Balaban J connectivity index is 1.58. The lowest BCUT2D eigenvalue weighted by molar-refractivity contribution is -0.148. The fourth-order valence-electron chi connectivity index (χ4n) is 8.53. The summed E-state index contributed by atoms with van der Waals surface area (Å²) >= 11 is 0. The monoisotopic (exact) mass is 348 g/mol. The first kappa shape index (κ1) is 18.3. The van der Waals surface area contributed by atoms with Gasteiger partial charge in [-0.05, 0) is 111 Å². The van der Waals surface area contributed by atoms with Crippen LogP contribution in [0.25, 0.3) is 0 Å². The third kappa shape index (κ3) is 2.64. The molecule has 4 aliphatic rings. The first-order valence-electron chi connectivity index (χ1n) is 11.0. The lowest BCUT2D eigenvalue weighted by Crippen LogP contribution is -2.55. The van der Waals surface area contributed by atoms with Crippen molar-refractivity contribution >= 4 is 0 Å². The van der Waals surface area contributed by atoms with Crippen molar-refractivity contribution in [2.45, 2.75) is 91.1 Å². The number of fused-ring (bicyclic) bond motifs is 5. The van der Waals surface area contributed by atoms with Gasteiger partial charge in [0.05, 0.1) is 5.60 Å². The fourth-order valence-corrected chi connectivity index (χ4v) is 8.53. The van der Waals surface area contributed by atoms with Gasteiger partial charge in [0.1, 0.15) is 0 Å². The normalized spacial score (nSPS) is 56.6. The second-order valence-electron chi connectivity index (χ2n) is 11.2. The highest BCUT2D eigenvalue weighted by molar-refractivity contribution is 5.10. The van der Waals surface area contributed by atoms with Crippen LogP contribution in [0, 0.1) is 46.3 Å². The summed E-state index contributed by atoms with van der Waals surface area (Å²) in [5, 5.41) is 20.4. The van der Waals surface area contributed by atoms with E-state index in [0.717, 1.165) is 42.4 Å². The largest absolute Gasteiger partial charge is 0.396 e. The molecule has 2 N–H and O–H groups in total. The lowest BCUT2D eigenvalue weighted by Gasteiger charge is -2.62. The highest BCUT2D eigenvalue weighted by Gasteiger charge is 2.61. The number of hydrogen-bond donors (Lipinski definition) is 2. The van der Waals surface area contributed by atoms with E-state index in [1.54, 1.807) is 0 Å². The minimum atomic E-state index is -0.421. The first-order valence-corrected chi connectivity index (χ1v) is 11.0. The summed E-state index contributed by atoms with van der Waals surface area (Å²) in [6.45, 7) is 9.84. The van der Waals surface area contributed by atoms with E-state index >= 15 is 0 Å². The van der Waals surface area contributed by atoms with Gasteiger partial charge in [0.15, 0.2) is 0 Å². The third-order valence-corrected chi connectivity index (χ3v) is 10.0. The second kappa shape index (κ2) is 5.96. The van der Waals surface area contributed by atoms with Crippen LogP contribution >= 0.6 is 0 Å². The zero-order chi connectivity index (χ0) is 18.0. The SMILES string of the molecule is C[C@H](CO)[C@H]1CC[C@H]2[C@@H]3CC[C@H]4C[C@@](C)(O)CC[C@]4(C)[C@H]3CC[C@]12C. The molecule has 0 spiro atoms. The van der Waals surface area contributed by atoms with Gasteiger partial charge < -0.3 is 10.2 Å². The maximum Gasteiger partial charge on any atom is 0.0622 e. The molecule has 0 unspecified atom stereocenters. The quantitative estimate of drug-likeness (QED) is 0.735. The van der Waals surface area contributed by atoms with Gasteiger partial charge in [-0.2, -0.15) is 0 Å². The molecule has 9 atom stereocenters. The van der Waals surface area contributed by atoms with Crippen LogP contribution in [0.1, 0.15) is 85.5 Å². The molecule has 25 heavy (non-hydrogen) atoms. The van der Waals surface area contributed by atoms with Crippen LogP contribution in [-0.2, 0) is 0 Å².